The number of ether oxygens (including phenoxy) is 1. The molecule has 3 aromatic rings. The van der Waals surface area contributed by atoms with Crippen LogP contribution in [0, 0.1) is 6.92 Å². The van der Waals surface area contributed by atoms with Gasteiger partial charge in [-0.3, -0.25) is 10.1 Å². The number of methoxy groups -OCH3 is 1. The van der Waals surface area contributed by atoms with Crippen molar-refractivity contribution in [1.29, 1.82) is 0 Å². The highest BCUT2D eigenvalue weighted by atomic mass is 32.2. The van der Waals surface area contributed by atoms with E-state index in [1.54, 1.807) is 18.2 Å². The maximum absolute atomic E-state index is 12.6. The summed E-state index contributed by atoms with van der Waals surface area (Å²) in [6, 6.07) is 8.97. The van der Waals surface area contributed by atoms with E-state index in [4.69, 9.17) is 4.74 Å². The van der Waals surface area contributed by atoms with Crippen LogP contribution in [0.1, 0.15) is 25.6 Å². The molecule has 0 aliphatic rings. The molecule has 0 aliphatic heterocycles. The molecular formula is C17H15N3O3S3. The minimum atomic E-state index is -0.406. The third-order valence-electron chi connectivity index (χ3n) is 3.57. The number of aryl methyl sites for hydroxylation is 1. The Bertz CT molecular complexity index is 965. The smallest absolute Gasteiger partial charge is 0.338 e. The number of nitrogens with one attached hydrogen (secondary N) is 1. The third kappa shape index (κ3) is 3.79. The zero-order valence-electron chi connectivity index (χ0n) is 14.2. The minimum Gasteiger partial charge on any atom is -0.465 e. The fraction of sp³-hybridized carbons (Fsp3) is 0.176. The predicted octanol–water partition coefficient (Wildman–Crippen LogP) is 4.34. The molecule has 0 spiro atoms. The number of carbonyl (C=O) groups excluding carboxylic acids is 2. The second-order valence-electron chi connectivity index (χ2n) is 5.16. The molecule has 2 aromatic heterocycles. The van der Waals surface area contributed by atoms with E-state index >= 15 is 0 Å². The van der Waals surface area contributed by atoms with Gasteiger partial charge in [-0.05, 0) is 25.3 Å². The highest BCUT2D eigenvalue weighted by molar-refractivity contribution is 7.98. The van der Waals surface area contributed by atoms with Crippen LogP contribution in [-0.2, 0) is 4.74 Å². The Morgan fingerprint density at radius 1 is 1.23 bits per heavy atom. The van der Waals surface area contributed by atoms with Crippen molar-refractivity contribution in [3.8, 4) is 10.4 Å². The molecule has 134 valence electrons. The highest BCUT2D eigenvalue weighted by Gasteiger charge is 2.19. The number of thioether (sulfide) groups is 1. The summed E-state index contributed by atoms with van der Waals surface area (Å²) in [4.78, 5) is 30.5. The number of hydrogen-bond donors (Lipinski definition) is 1. The number of rotatable bonds is 5. The molecule has 0 bridgehead atoms. The molecular weight excluding hydrogens is 390 g/mol. The normalized spacial score (nSPS) is 10.6. The van der Waals surface area contributed by atoms with E-state index in [2.05, 4.69) is 14.7 Å². The van der Waals surface area contributed by atoms with E-state index in [-0.39, 0.29) is 5.91 Å². The van der Waals surface area contributed by atoms with Gasteiger partial charge in [0.15, 0.2) is 0 Å². The van der Waals surface area contributed by atoms with Crippen LogP contribution < -0.4 is 5.32 Å². The molecule has 0 saturated heterocycles. The molecule has 0 fully saturated rings. The van der Waals surface area contributed by atoms with Crippen molar-refractivity contribution in [2.24, 2.45) is 0 Å². The summed E-state index contributed by atoms with van der Waals surface area (Å²) in [5.41, 5.74) is 1.76. The summed E-state index contributed by atoms with van der Waals surface area (Å²) in [6.45, 7) is 1.87. The van der Waals surface area contributed by atoms with Gasteiger partial charge in [-0.2, -0.15) is 9.36 Å². The Labute approximate surface area is 162 Å². The Morgan fingerprint density at radius 2 is 2.00 bits per heavy atom. The molecule has 26 heavy (non-hydrogen) atoms. The lowest BCUT2D eigenvalue weighted by atomic mass is 10.1. The third-order valence-corrected chi connectivity index (χ3v) is 5.95. The molecule has 0 radical (unpaired) electrons. The summed E-state index contributed by atoms with van der Waals surface area (Å²) < 4.78 is 8.97. The number of esters is 1. The van der Waals surface area contributed by atoms with Crippen LogP contribution in [-0.4, -0.2) is 34.6 Å². The number of amides is 1. The summed E-state index contributed by atoms with van der Waals surface area (Å²) in [7, 11) is 1.35. The second kappa shape index (κ2) is 7.98. The van der Waals surface area contributed by atoms with Crippen LogP contribution >= 0.6 is 34.6 Å². The first-order valence-corrected chi connectivity index (χ1v) is 10.3. The summed E-state index contributed by atoms with van der Waals surface area (Å²) in [6.07, 6.45) is 1.88. The van der Waals surface area contributed by atoms with Gasteiger partial charge in [0.1, 0.15) is 0 Å². The zero-order chi connectivity index (χ0) is 18.7. The monoisotopic (exact) mass is 405 g/mol. The fourth-order valence-corrected chi connectivity index (χ4v) is 4.51. The van der Waals surface area contributed by atoms with E-state index in [0.29, 0.717) is 21.4 Å². The average Bonchev–Trinajstić information content (AvgIpc) is 3.27. The van der Waals surface area contributed by atoms with Crippen LogP contribution in [0.3, 0.4) is 0 Å². The molecule has 1 N–H and O–H groups in total. The quantitative estimate of drug-likeness (QED) is 0.502. The molecule has 1 aromatic carbocycles. The number of benzene rings is 1. The van der Waals surface area contributed by atoms with Crippen molar-refractivity contribution in [2.75, 3.05) is 18.7 Å². The lowest BCUT2D eigenvalue weighted by Gasteiger charge is -2.05. The average molecular weight is 406 g/mol. The number of thiophene rings is 1. The molecule has 9 heteroatoms. The van der Waals surface area contributed by atoms with Gasteiger partial charge in [-0.15, -0.1) is 11.3 Å². The summed E-state index contributed by atoms with van der Waals surface area (Å²) in [5.74, 6) is -0.652. The van der Waals surface area contributed by atoms with E-state index < -0.39 is 5.97 Å². The zero-order valence-corrected chi connectivity index (χ0v) is 16.7. The Kier molecular flexibility index (Phi) is 5.70. The first kappa shape index (κ1) is 18.6. The molecule has 0 unspecified atom stereocenters. The highest BCUT2D eigenvalue weighted by Crippen LogP contribution is 2.34. The maximum atomic E-state index is 12.6. The van der Waals surface area contributed by atoms with Crippen molar-refractivity contribution in [1.82, 2.24) is 9.36 Å². The van der Waals surface area contributed by atoms with Crippen molar-refractivity contribution < 1.29 is 14.3 Å². The number of nitrogens with zero attached hydrogens (tertiary/aromatic N) is 2. The Balaban J connectivity index is 1.90. The van der Waals surface area contributed by atoms with Crippen LogP contribution in [0.5, 0.6) is 0 Å². The van der Waals surface area contributed by atoms with Gasteiger partial charge in [0.2, 0.25) is 10.3 Å². The van der Waals surface area contributed by atoms with Crippen LogP contribution in [0.25, 0.3) is 10.4 Å². The Hall–Kier alpha value is -2.23. The SMILES string of the molecule is COC(=O)c1ccccc1-c1cc(C(=O)Nc2nc(SC)ns2)c(C)s1. The van der Waals surface area contributed by atoms with Gasteiger partial charge in [0.25, 0.3) is 5.91 Å². The lowest BCUT2D eigenvalue weighted by molar-refractivity contribution is 0.0601. The molecule has 0 atom stereocenters. The van der Waals surface area contributed by atoms with Gasteiger partial charge in [0, 0.05) is 26.9 Å². The van der Waals surface area contributed by atoms with Crippen LogP contribution in [0.2, 0.25) is 0 Å². The number of aromatic nitrogens is 2. The van der Waals surface area contributed by atoms with Crippen molar-refractivity contribution in [2.45, 2.75) is 12.1 Å². The fourth-order valence-electron chi connectivity index (χ4n) is 2.33. The Morgan fingerprint density at radius 3 is 2.69 bits per heavy atom. The van der Waals surface area contributed by atoms with E-state index in [1.165, 1.54) is 30.2 Å². The standard InChI is InChI=1S/C17H15N3O3S3/c1-9-12(14(21)18-16-19-17(24-3)20-26-16)8-13(25-9)10-6-4-5-7-11(10)15(22)23-2/h4-8H,1-3H3,(H,18,19,20,21). The van der Waals surface area contributed by atoms with Crippen molar-refractivity contribution >= 4 is 51.6 Å². The molecule has 6 nitrogen and oxygen atoms in total. The number of hydrogen-bond acceptors (Lipinski definition) is 8. The molecule has 0 saturated carbocycles. The van der Waals surface area contributed by atoms with Gasteiger partial charge >= 0.3 is 5.97 Å². The van der Waals surface area contributed by atoms with Gasteiger partial charge in [0.05, 0.1) is 18.2 Å². The van der Waals surface area contributed by atoms with Crippen molar-refractivity contribution in [3.05, 3.63) is 46.3 Å². The minimum absolute atomic E-state index is 0.246. The molecule has 1 amide bonds. The number of carbonyl (C=O) groups is 2. The van der Waals surface area contributed by atoms with Gasteiger partial charge < -0.3 is 4.74 Å². The van der Waals surface area contributed by atoms with Gasteiger partial charge in [-0.25, -0.2) is 4.79 Å². The van der Waals surface area contributed by atoms with Crippen LogP contribution in [0.15, 0.2) is 35.5 Å². The van der Waals surface area contributed by atoms with E-state index in [1.807, 2.05) is 25.3 Å². The first-order chi connectivity index (χ1) is 12.5. The topological polar surface area (TPSA) is 81.2 Å². The first-order valence-electron chi connectivity index (χ1n) is 7.50. The summed E-state index contributed by atoms with van der Waals surface area (Å²) in [5, 5.41) is 3.86. The van der Waals surface area contributed by atoms with Crippen molar-refractivity contribution in [3.63, 3.8) is 0 Å². The van der Waals surface area contributed by atoms with Gasteiger partial charge in [-0.1, -0.05) is 30.0 Å². The predicted molar refractivity (Wildman–Crippen MR) is 105 cm³/mol. The second-order valence-corrected chi connectivity index (χ2v) is 7.94. The molecule has 3 rings (SSSR count). The van der Waals surface area contributed by atoms with E-state index in [9.17, 15) is 9.59 Å². The summed E-state index contributed by atoms with van der Waals surface area (Å²) >= 11 is 4.02. The maximum Gasteiger partial charge on any atom is 0.338 e. The number of anilines is 1. The molecule has 2 heterocycles. The lowest BCUT2D eigenvalue weighted by Crippen LogP contribution is -2.11. The molecule has 0 aliphatic carbocycles. The largest absolute Gasteiger partial charge is 0.465 e. The van der Waals surface area contributed by atoms with Crippen LogP contribution in [0.4, 0.5) is 5.13 Å². The van der Waals surface area contributed by atoms with E-state index in [0.717, 1.165) is 26.9 Å².